The summed E-state index contributed by atoms with van der Waals surface area (Å²) in [5.41, 5.74) is 1.17. The molecule has 0 radical (unpaired) electrons. The molecule has 0 aliphatic carbocycles. The van der Waals surface area contributed by atoms with Crippen molar-refractivity contribution in [2.75, 3.05) is 58.9 Å². The van der Waals surface area contributed by atoms with Gasteiger partial charge in [-0.25, -0.2) is 9.98 Å². The number of pyridine rings is 1. The standard InChI is InChI=1S/C19H32N6O2/c1-15-5-6-17(21-13-15)25-10-7-16(8-11-25)23-19(20-9-12-27-4)22-14-18(26)24(2)3/h5-6,13,16H,7-12,14H2,1-4H3,(H2,20,22,23). The lowest BCUT2D eigenvalue weighted by Gasteiger charge is -2.34. The molecule has 1 fully saturated rings. The van der Waals surface area contributed by atoms with E-state index in [4.69, 9.17) is 4.74 Å². The van der Waals surface area contributed by atoms with Crippen molar-refractivity contribution in [1.29, 1.82) is 0 Å². The van der Waals surface area contributed by atoms with Crippen molar-refractivity contribution in [3.05, 3.63) is 23.9 Å². The molecular formula is C19H32N6O2. The van der Waals surface area contributed by atoms with Crippen LogP contribution in [0.1, 0.15) is 18.4 Å². The number of methoxy groups -OCH3 is 1. The molecule has 0 aromatic carbocycles. The number of hydrogen-bond donors (Lipinski definition) is 2. The highest BCUT2D eigenvalue weighted by atomic mass is 16.5. The van der Waals surface area contributed by atoms with Gasteiger partial charge in [0.15, 0.2) is 5.96 Å². The molecule has 2 rings (SSSR count). The van der Waals surface area contributed by atoms with Crippen molar-refractivity contribution in [2.24, 2.45) is 4.99 Å². The van der Waals surface area contributed by atoms with Crippen molar-refractivity contribution in [1.82, 2.24) is 20.5 Å². The molecule has 8 nitrogen and oxygen atoms in total. The Labute approximate surface area is 162 Å². The van der Waals surface area contributed by atoms with Gasteiger partial charge in [-0.15, -0.1) is 0 Å². The monoisotopic (exact) mass is 376 g/mol. The van der Waals surface area contributed by atoms with Gasteiger partial charge in [0.05, 0.1) is 6.61 Å². The largest absolute Gasteiger partial charge is 0.383 e. The Hall–Kier alpha value is -2.35. The fourth-order valence-corrected chi connectivity index (χ4v) is 2.81. The molecule has 1 saturated heterocycles. The zero-order chi connectivity index (χ0) is 19.6. The zero-order valence-electron chi connectivity index (χ0n) is 16.9. The summed E-state index contributed by atoms with van der Waals surface area (Å²) < 4.78 is 5.08. The van der Waals surface area contributed by atoms with Gasteiger partial charge in [0.2, 0.25) is 5.91 Å². The minimum absolute atomic E-state index is 0.0249. The summed E-state index contributed by atoms with van der Waals surface area (Å²) in [6, 6.07) is 4.49. The van der Waals surface area contributed by atoms with Crippen molar-refractivity contribution in [2.45, 2.75) is 25.8 Å². The molecule has 27 heavy (non-hydrogen) atoms. The second-order valence-electron chi connectivity index (χ2n) is 6.97. The van der Waals surface area contributed by atoms with Crippen molar-refractivity contribution >= 4 is 17.7 Å². The number of nitrogens with zero attached hydrogens (tertiary/aromatic N) is 4. The summed E-state index contributed by atoms with van der Waals surface area (Å²) in [4.78, 5) is 24.6. The summed E-state index contributed by atoms with van der Waals surface area (Å²) in [6.07, 6.45) is 3.89. The minimum Gasteiger partial charge on any atom is -0.383 e. The number of anilines is 1. The molecule has 0 unspecified atom stereocenters. The average Bonchev–Trinajstić information content (AvgIpc) is 2.67. The third kappa shape index (κ3) is 7.05. The Balaban J connectivity index is 1.88. The Morgan fingerprint density at radius 1 is 1.37 bits per heavy atom. The van der Waals surface area contributed by atoms with Crippen LogP contribution in [-0.4, -0.2) is 81.8 Å². The predicted octanol–water partition coefficient (Wildman–Crippen LogP) is 0.629. The molecule has 0 atom stereocenters. The average molecular weight is 377 g/mol. The number of nitrogens with one attached hydrogen (secondary N) is 2. The number of aromatic nitrogens is 1. The van der Waals surface area contributed by atoms with Gasteiger partial charge in [0, 0.05) is 53.1 Å². The summed E-state index contributed by atoms with van der Waals surface area (Å²) in [5, 5.41) is 6.68. The van der Waals surface area contributed by atoms with Crippen molar-refractivity contribution in [3.63, 3.8) is 0 Å². The Morgan fingerprint density at radius 2 is 2.11 bits per heavy atom. The lowest BCUT2D eigenvalue weighted by atomic mass is 10.1. The number of piperidine rings is 1. The number of rotatable bonds is 7. The van der Waals surface area contributed by atoms with Crippen LogP contribution in [0.15, 0.2) is 23.3 Å². The number of amides is 1. The van der Waals surface area contributed by atoms with Gasteiger partial charge in [-0.2, -0.15) is 0 Å². The van der Waals surface area contributed by atoms with Crippen LogP contribution >= 0.6 is 0 Å². The summed E-state index contributed by atoms with van der Waals surface area (Å²) >= 11 is 0. The van der Waals surface area contributed by atoms with Crippen LogP contribution < -0.4 is 15.5 Å². The number of carbonyl (C=O) groups is 1. The maximum atomic E-state index is 11.8. The lowest BCUT2D eigenvalue weighted by molar-refractivity contribution is -0.127. The van der Waals surface area contributed by atoms with E-state index in [2.05, 4.69) is 37.6 Å². The highest BCUT2D eigenvalue weighted by molar-refractivity contribution is 5.84. The van der Waals surface area contributed by atoms with Crippen LogP contribution in [0.5, 0.6) is 0 Å². The van der Waals surface area contributed by atoms with Gasteiger partial charge in [-0.3, -0.25) is 4.79 Å². The van der Waals surface area contributed by atoms with E-state index in [1.54, 1.807) is 26.1 Å². The third-order valence-corrected chi connectivity index (χ3v) is 4.53. The Morgan fingerprint density at radius 3 is 2.70 bits per heavy atom. The third-order valence-electron chi connectivity index (χ3n) is 4.53. The Kier molecular flexibility index (Phi) is 8.32. The van der Waals surface area contributed by atoms with Gasteiger partial charge in [0.25, 0.3) is 0 Å². The smallest absolute Gasteiger partial charge is 0.243 e. The van der Waals surface area contributed by atoms with Gasteiger partial charge in [-0.05, 0) is 31.4 Å². The van der Waals surface area contributed by atoms with Crippen molar-refractivity contribution in [3.8, 4) is 0 Å². The number of ether oxygens (including phenoxy) is 1. The van der Waals surface area contributed by atoms with E-state index >= 15 is 0 Å². The molecule has 1 amide bonds. The first-order valence-corrected chi connectivity index (χ1v) is 9.41. The molecule has 0 saturated carbocycles. The molecule has 2 N–H and O–H groups in total. The molecule has 0 bridgehead atoms. The first-order chi connectivity index (χ1) is 13.0. The fourth-order valence-electron chi connectivity index (χ4n) is 2.81. The molecule has 150 valence electrons. The van der Waals surface area contributed by atoms with Gasteiger partial charge < -0.3 is 25.2 Å². The van der Waals surface area contributed by atoms with Crippen molar-refractivity contribution < 1.29 is 9.53 Å². The predicted molar refractivity (Wildman–Crippen MR) is 108 cm³/mol. The molecular weight excluding hydrogens is 344 g/mol. The zero-order valence-corrected chi connectivity index (χ0v) is 16.9. The van der Waals surface area contributed by atoms with E-state index in [1.165, 1.54) is 5.56 Å². The highest BCUT2D eigenvalue weighted by Gasteiger charge is 2.21. The fraction of sp³-hybridized carbons (Fsp3) is 0.632. The van der Waals surface area contributed by atoms with E-state index in [0.717, 1.165) is 31.7 Å². The Bertz CT molecular complexity index is 609. The molecule has 1 aliphatic heterocycles. The van der Waals surface area contributed by atoms with Crippen LogP contribution in [0.4, 0.5) is 5.82 Å². The van der Waals surface area contributed by atoms with E-state index in [1.807, 2.05) is 13.1 Å². The number of likely N-dealkylation sites (N-methyl/N-ethyl adjacent to an activating group) is 1. The van der Waals surface area contributed by atoms with Crippen LogP contribution in [0, 0.1) is 6.92 Å². The summed E-state index contributed by atoms with van der Waals surface area (Å²) in [7, 11) is 5.13. The first-order valence-electron chi connectivity index (χ1n) is 9.41. The number of aryl methyl sites for hydroxylation is 1. The van der Waals surface area contributed by atoms with E-state index in [0.29, 0.717) is 25.2 Å². The highest BCUT2D eigenvalue weighted by Crippen LogP contribution is 2.17. The second-order valence-corrected chi connectivity index (χ2v) is 6.97. The van der Waals surface area contributed by atoms with Crippen LogP contribution in [0.25, 0.3) is 0 Å². The number of guanidine groups is 1. The number of carbonyl (C=O) groups excluding carboxylic acids is 1. The topological polar surface area (TPSA) is 82.1 Å². The molecule has 1 aromatic heterocycles. The molecule has 2 heterocycles. The van der Waals surface area contributed by atoms with E-state index in [-0.39, 0.29) is 12.5 Å². The van der Waals surface area contributed by atoms with Gasteiger partial charge in [0.1, 0.15) is 12.4 Å². The van der Waals surface area contributed by atoms with E-state index < -0.39 is 0 Å². The molecule has 0 spiro atoms. The molecule has 1 aromatic rings. The summed E-state index contributed by atoms with van der Waals surface area (Å²) in [5.74, 6) is 1.67. The molecule has 1 aliphatic rings. The second kappa shape index (κ2) is 10.7. The van der Waals surface area contributed by atoms with Crippen LogP contribution in [0.2, 0.25) is 0 Å². The maximum absolute atomic E-state index is 11.8. The van der Waals surface area contributed by atoms with Gasteiger partial charge >= 0.3 is 0 Å². The lowest BCUT2D eigenvalue weighted by Crippen LogP contribution is -2.49. The quantitative estimate of drug-likeness (QED) is 0.413. The first kappa shape index (κ1) is 21.0. The summed E-state index contributed by atoms with van der Waals surface area (Å²) in [6.45, 7) is 5.28. The minimum atomic E-state index is -0.0249. The molecule has 8 heteroatoms. The SMILES string of the molecule is COCCNC(=NCC(=O)N(C)C)NC1CCN(c2ccc(C)cn2)CC1. The number of aliphatic imine (C=N–C) groups is 1. The van der Waals surface area contributed by atoms with Gasteiger partial charge in [-0.1, -0.05) is 6.07 Å². The normalized spacial score (nSPS) is 15.6. The van der Waals surface area contributed by atoms with Crippen LogP contribution in [0.3, 0.4) is 0 Å². The van der Waals surface area contributed by atoms with Crippen LogP contribution in [-0.2, 0) is 9.53 Å². The van der Waals surface area contributed by atoms with E-state index in [9.17, 15) is 4.79 Å². The maximum Gasteiger partial charge on any atom is 0.243 e. The number of hydrogen-bond acceptors (Lipinski definition) is 5.